The van der Waals surface area contributed by atoms with Crippen molar-refractivity contribution in [1.29, 1.82) is 0 Å². The Kier molecular flexibility index (Phi) is 41.1. The maximum Gasteiger partial charge on any atom is 0.636 e. The lowest BCUT2D eigenvalue weighted by Gasteiger charge is -2.36. The first-order valence-corrected chi connectivity index (χ1v) is 67.6. The van der Waals surface area contributed by atoms with E-state index in [9.17, 15) is 0 Å². The predicted molar refractivity (Wildman–Crippen MR) is 354 cm³/mol. The summed E-state index contributed by atoms with van der Waals surface area (Å²) in [5.74, 6) is 0. The minimum atomic E-state index is -3.49. The van der Waals surface area contributed by atoms with Crippen molar-refractivity contribution in [3.8, 4) is 0 Å². The summed E-state index contributed by atoms with van der Waals surface area (Å²) in [5.41, 5.74) is 0. The molecule has 10 radical (unpaired) electrons. The molecule has 4 rings (SSSR count). The number of hydrogen-bond donors (Lipinski definition) is 0. The molecule has 4 aliphatic heterocycles. The minimum Gasteiger partial charge on any atom is -0.441 e. The molecule has 0 aliphatic carbocycles. The fourth-order valence-electron chi connectivity index (χ4n) is 9.48. The van der Waals surface area contributed by atoms with Crippen LogP contribution in [0.15, 0.2) is 0 Å². The highest BCUT2D eigenvalue weighted by atomic mass is 28.5. The van der Waals surface area contributed by atoms with Crippen LogP contribution in [0.2, 0.25) is 140 Å². The summed E-state index contributed by atoms with van der Waals surface area (Å²) in [7, 11) is -28.2. The molecular formula is C40H104O19Si20. The SMILES string of the molecule is CC1C[SiH](C)O[SiH](C)O[Si](CCCCCC[Si]O[Si](O[Si]CCCCCC[Si]2O[SiH](C)O[SiH](C)O[SiH](C)O2)(O[Si]CCCCCC[Si]2O[SiH](C)O[SiH](C)O[SiH](C)O2)O[Si](C)(C)CCCCCC[Si]2O[SiH](C)O[SiH](C)O[SiH](C)O2)O1. The van der Waals surface area contributed by atoms with E-state index < -0.39 is 156 Å². The summed E-state index contributed by atoms with van der Waals surface area (Å²) in [4.78, 5) is 0. The molecule has 0 amide bonds. The molecular weight excluding hydrogens is 1350 g/mol. The monoisotopic (exact) mass is 1450 g/mol. The fourth-order valence-corrected chi connectivity index (χ4v) is 65.1. The van der Waals surface area contributed by atoms with E-state index in [4.69, 9.17) is 78.5 Å². The van der Waals surface area contributed by atoms with Gasteiger partial charge in [0.2, 0.25) is 29.3 Å². The fraction of sp³-hybridized carbons (Fsp3) is 1.00. The van der Waals surface area contributed by atoms with Gasteiger partial charge in [0, 0.05) is 6.10 Å². The van der Waals surface area contributed by atoms with Crippen molar-refractivity contribution in [1.82, 2.24) is 0 Å². The van der Waals surface area contributed by atoms with Gasteiger partial charge in [-0.25, -0.2) is 0 Å². The van der Waals surface area contributed by atoms with E-state index in [1.165, 1.54) is 0 Å². The summed E-state index contributed by atoms with van der Waals surface area (Å²) in [6.07, 6.45) is 18.1. The van der Waals surface area contributed by atoms with Crippen LogP contribution in [0.25, 0.3) is 0 Å². The van der Waals surface area contributed by atoms with Crippen molar-refractivity contribution in [2.75, 3.05) is 0 Å². The molecule has 19 nitrogen and oxygen atoms in total. The standard InChI is InChI=1S/C40H104O19Si20/c1-40-39-63(2)45-64(3)52-74(41-40)34-26-18-15-23-31-60-42-79(43-61-32-24-16-19-27-35-75-53-68(7)46-65(4)47-69(8)54-75,44-62-33-25-17-20-28-36-76-55-70(9)48-66(5)49-71(10)56-76)59-78(13,14)38-30-22-21-29-37-77-57-72(11)50-67(6)51-73(12)58-77/h40,63-73H,15-39H2,1-14H3. The average Bonchev–Trinajstić information content (AvgIpc) is 3.33. The summed E-state index contributed by atoms with van der Waals surface area (Å²) >= 11 is 0. The van der Waals surface area contributed by atoms with Crippen LogP contribution in [0.4, 0.5) is 0 Å². The Morgan fingerprint density at radius 3 is 1.03 bits per heavy atom. The topological polar surface area (TPSA) is 175 Å². The third-order valence-corrected chi connectivity index (χ3v) is 67.6. The zero-order valence-corrected chi connectivity index (χ0v) is 72.6. The van der Waals surface area contributed by atoms with Crippen LogP contribution in [-0.4, -0.2) is 192 Å². The Morgan fingerprint density at radius 1 is 0.380 bits per heavy atom. The lowest BCUT2D eigenvalue weighted by Crippen LogP contribution is -2.57. The highest BCUT2D eigenvalue weighted by Crippen LogP contribution is 2.27. The molecule has 4 saturated heterocycles. The van der Waals surface area contributed by atoms with E-state index in [0.717, 1.165) is 157 Å². The smallest absolute Gasteiger partial charge is 0.441 e. The Labute approximate surface area is 515 Å². The van der Waals surface area contributed by atoms with Crippen molar-refractivity contribution >= 4 is 186 Å². The van der Waals surface area contributed by atoms with E-state index in [-0.39, 0.29) is 35.4 Å². The molecule has 79 heavy (non-hydrogen) atoms. The van der Waals surface area contributed by atoms with Crippen molar-refractivity contribution < 1.29 is 78.5 Å². The third-order valence-electron chi connectivity index (χ3n) is 12.9. The van der Waals surface area contributed by atoms with E-state index in [0.29, 0.717) is 0 Å². The minimum absolute atomic E-state index is 0.238. The van der Waals surface area contributed by atoms with Crippen molar-refractivity contribution in [2.45, 2.75) is 255 Å². The van der Waals surface area contributed by atoms with Crippen LogP contribution in [0, 0.1) is 0 Å². The largest absolute Gasteiger partial charge is 0.636 e. The average molecular weight is 1450 g/mol. The summed E-state index contributed by atoms with van der Waals surface area (Å²) in [6.45, 7) is 30.2. The lowest BCUT2D eigenvalue weighted by atomic mass is 10.2. The van der Waals surface area contributed by atoms with Gasteiger partial charge in [0.15, 0.2) is 17.4 Å². The molecule has 9 atom stereocenters. The second-order valence-corrected chi connectivity index (χ2v) is 65.2. The van der Waals surface area contributed by atoms with E-state index in [2.05, 4.69) is 92.0 Å². The molecule has 0 bridgehead atoms. The normalized spacial score (nSPS) is 31.1. The third kappa shape index (κ3) is 36.1. The van der Waals surface area contributed by atoms with Crippen LogP contribution < -0.4 is 0 Å². The maximum atomic E-state index is 7.33. The molecule has 0 aromatic carbocycles. The molecule has 0 aromatic rings. The van der Waals surface area contributed by atoms with Crippen molar-refractivity contribution in [2.24, 2.45) is 0 Å². The molecule has 0 aromatic heterocycles. The van der Waals surface area contributed by atoms with Gasteiger partial charge >= 0.3 is 46.2 Å². The first kappa shape index (κ1) is 75.0. The Balaban J connectivity index is 1.33. The zero-order valence-electron chi connectivity index (χ0n) is 50.9. The highest BCUT2D eigenvalue weighted by molar-refractivity contribution is 6.82. The number of unbranched alkanes of at least 4 members (excludes halogenated alkanes) is 12. The van der Waals surface area contributed by atoms with Crippen molar-refractivity contribution in [3.05, 3.63) is 0 Å². The molecule has 4 aliphatic rings. The molecule has 0 N–H and O–H groups in total. The molecule has 4 fully saturated rings. The number of rotatable bonds is 36. The molecule has 4 heterocycles. The molecule has 9 unspecified atom stereocenters. The van der Waals surface area contributed by atoms with Gasteiger partial charge < -0.3 is 78.5 Å². The van der Waals surface area contributed by atoms with Gasteiger partial charge in [-0.1, -0.05) is 103 Å². The Hall–Kier alpha value is 3.58. The zero-order chi connectivity index (χ0) is 57.5. The van der Waals surface area contributed by atoms with Crippen LogP contribution in [0.3, 0.4) is 0 Å². The van der Waals surface area contributed by atoms with Gasteiger partial charge in [0.25, 0.3) is 92.8 Å². The Bertz CT molecular complexity index is 1380. The van der Waals surface area contributed by atoms with Crippen LogP contribution in [-0.2, 0) is 78.5 Å². The van der Waals surface area contributed by atoms with Crippen molar-refractivity contribution in [3.63, 3.8) is 0 Å². The second-order valence-electron chi connectivity index (χ2n) is 21.7. The van der Waals surface area contributed by atoms with E-state index in [1.807, 2.05) is 0 Å². The van der Waals surface area contributed by atoms with Gasteiger partial charge in [0.05, 0.1) is 0 Å². The Morgan fingerprint density at radius 2 is 0.671 bits per heavy atom. The summed E-state index contributed by atoms with van der Waals surface area (Å²) in [6, 6.07) is 8.94. The van der Waals surface area contributed by atoms with Crippen LogP contribution >= 0.6 is 0 Å². The predicted octanol–water partition coefficient (Wildman–Crippen LogP) is 6.55. The van der Waals surface area contributed by atoms with Gasteiger partial charge in [-0.15, -0.1) is 0 Å². The van der Waals surface area contributed by atoms with E-state index >= 15 is 0 Å². The number of hydrogen-bond acceptors (Lipinski definition) is 19. The molecule has 0 spiro atoms. The second kappa shape index (κ2) is 43.3. The van der Waals surface area contributed by atoms with Crippen LogP contribution in [0.1, 0.15) is 110 Å². The lowest BCUT2D eigenvalue weighted by molar-refractivity contribution is 0.165. The van der Waals surface area contributed by atoms with Gasteiger partial charge in [-0.05, 0) is 146 Å². The molecule has 458 valence electrons. The maximum absolute atomic E-state index is 7.33. The first-order valence-electron chi connectivity index (χ1n) is 30.0. The first-order chi connectivity index (χ1) is 37.7. The van der Waals surface area contributed by atoms with Gasteiger partial charge in [0.1, 0.15) is 0 Å². The summed E-state index contributed by atoms with van der Waals surface area (Å²) in [5, 5.41) is 0. The van der Waals surface area contributed by atoms with Gasteiger partial charge in [-0.3, -0.25) is 0 Å². The highest BCUT2D eigenvalue weighted by Gasteiger charge is 2.49. The molecule has 0 saturated carbocycles. The van der Waals surface area contributed by atoms with Crippen LogP contribution in [0.5, 0.6) is 0 Å². The molecule has 39 heteroatoms. The summed E-state index contributed by atoms with van der Waals surface area (Å²) < 4.78 is 122. The quantitative estimate of drug-likeness (QED) is 0.0487. The van der Waals surface area contributed by atoms with E-state index in [1.54, 1.807) is 0 Å². The van der Waals surface area contributed by atoms with Gasteiger partial charge in [-0.2, -0.15) is 0 Å².